The fourth-order valence-electron chi connectivity index (χ4n) is 1.26. The minimum atomic E-state index is 0.586. The minimum absolute atomic E-state index is 0.586. The van der Waals surface area contributed by atoms with Gasteiger partial charge in [0.25, 0.3) is 0 Å². The zero-order valence-corrected chi connectivity index (χ0v) is 12.6. The number of halogens is 1. The third-order valence-electron chi connectivity index (χ3n) is 2.11. The highest BCUT2D eigenvalue weighted by molar-refractivity contribution is 9.10. The number of thiophene rings is 1. The molecular formula is C11H18BrNS2. The van der Waals surface area contributed by atoms with Crippen LogP contribution in [0.3, 0.4) is 0 Å². The molecule has 1 aromatic rings. The lowest BCUT2D eigenvalue weighted by Crippen LogP contribution is -2.30. The Morgan fingerprint density at radius 3 is 2.73 bits per heavy atom. The molecule has 1 rings (SSSR count). The van der Waals surface area contributed by atoms with Gasteiger partial charge in [-0.15, -0.1) is 11.3 Å². The second kappa shape index (κ2) is 6.94. The molecule has 0 saturated carbocycles. The van der Waals surface area contributed by atoms with Crippen LogP contribution in [0.2, 0.25) is 0 Å². The van der Waals surface area contributed by atoms with Gasteiger partial charge in [-0.25, -0.2) is 0 Å². The van der Waals surface area contributed by atoms with Crippen molar-refractivity contribution < 1.29 is 0 Å². The molecule has 0 amide bonds. The van der Waals surface area contributed by atoms with Gasteiger partial charge in [-0.05, 0) is 40.7 Å². The Hall–Kier alpha value is 0.490. The Morgan fingerprint density at radius 1 is 1.53 bits per heavy atom. The predicted octanol–water partition coefficient (Wildman–Crippen LogP) is 3.78. The number of likely N-dealkylation sites (N-methyl/N-ethyl adjacent to an activating group) is 1. The highest BCUT2D eigenvalue weighted by atomic mass is 79.9. The molecule has 0 radical (unpaired) electrons. The highest BCUT2D eigenvalue weighted by Crippen LogP contribution is 2.22. The van der Waals surface area contributed by atoms with Gasteiger partial charge in [0.15, 0.2) is 0 Å². The molecule has 0 saturated heterocycles. The quantitative estimate of drug-likeness (QED) is 0.858. The van der Waals surface area contributed by atoms with Crippen LogP contribution in [-0.4, -0.2) is 24.1 Å². The van der Waals surface area contributed by atoms with Crippen LogP contribution in [0.15, 0.2) is 15.9 Å². The van der Waals surface area contributed by atoms with E-state index in [1.807, 2.05) is 30.1 Å². The first-order valence-electron chi connectivity index (χ1n) is 5.13. The van der Waals surface area contributed by atoms with Crippen molar-refractivity contribution in [2.75, 3.05) is 12.8 Å². The van der Waals surface area contributed by atoms with Gasteiger partial charge in [0.05, 0.1) is 0 Å². The van der Waals surface area contributed by atoms with Crippen molar-refractivity contribution in [3.8, 4) is 0 Å². The summed E-state index contributed by atoms with van der Waals surface area (Å²) in [7, 11) is 2.05. The molecule has 1 nitrogen and oxygen atoms in total. The van der Waals surface area contributed by atoms with E-state index >= 15 is 0 Å². The van der Waals surface area contributed by atoms with E-state index < -0.39 is 0 Å². The topological polar surface area (TPSA) is 12.0 Å². The largest absolute Gasteiger partial charge is 0.316 e. The lowest BCUT2D eigenvalue weighted by molar-refractivity contribution is 0.621. The van der Waals surface area contributed by atoms with E-state index in [0.29, 0.717) is 6.04 Å². The molecule has 0 bridgehead atoms. The van der Waals surface area contributed by atoms with Crippen molar-refractivity contribution >= 4 is 39.0 Å². The summed E-state index contributed by atoms with van der Waals surface area (Å²) in [6, 6.07) is 2.80. The standard InChI is InChI=1S/C11H18BrNS2/c1-8(2)14-7-10(13-3)5-11-4-9(12)6-15-11/h4,6,8,10,13H,5,7H2,1-3H3. The van der Waals surface area contributed by atoms with Crippen LogP contribution < -0.4 is 5.32 Å². The first-order chi connectivity index (χ1) is 7.11. The summed E-state index contributed by atoms with van der Waals surface area (Å²) in [6.45, 7) is 4.50. The molecule has 1 atom stereocenters. The molecule has 4 heteroatoms. The van der Waals surface area contributed by atoms with Gasteiger partial charge in [0.2, 0.25) is 0 Å². The molecular weight excluding hydrogens is 290 g/mol. The van der Waals surface area contributed by atoms with Crippen LogP contribution in [0.4, 0.5) is 0 Å². The van der Waals surface area contributed by atoms with Crippen LogP contribution in [0.1, 0.15) is 18.7 Å². The van der Waals surface area contributed by atoms with Crippen molar-refractivity contribution in [1.29, 1.82) is 0 Å². The van der Waals surface area contributed by atoms with Crippen LogP contribution in [0.5, 0.6) is 0 Å². The maximum Gasteiger partial charge on any atom is 0.0285 e. The summed E-state index contributed by atoms with van der Waals surface area (Å²) in [4.78, 5) is 1.45. The lowest BCUT2D eigenvalue weighted by atomic mass is 10.2. The normalized spacial score (nSPS) is 13.4. The third kappa shape index (κ3) is 5.38. The van der Waals surface area contributed by atoms with Crippen molar-refractivity contribution in [1.82, 2.24) is 5.32 Å². The first-order valence-corrected chi connectivity index (χ1v) is 7.85. The van der Waals surface area contributed by atoms with Crippen LogP contribution in [0, 0.1) is 0 Å². The molecule has 86 valence electrons. The molecule has 15 heavy (non-hydrogen) atoms. The maximum absolute atomic E-state index is 3.49. The van der Waals surface area contributed by atoms with Gasteiger partial charge in [0.1, 0.15) is 0 Å². The monoisotopic (exact) mass is 307 g/mol. The summed E-state index contributed by atoms with van der Waals surface area (Å²) in [5.74, 6) is 1.18. The Kier molecular flexibility index (Phi) is 6.27. The maximum atomic E-state index is 3.49. The number of thioether (sulfide) groups is 1. The Bertz CT molecular complexity index is 286. The fourth-order valence-corrected chi connectivity index (χ4v) is 3.69. The number of hydrogen-bond acceptors (Lipinski definition) is 3. The minimum Gasteiger partial charge on any atom is -0.316 e. The third-order valence-corrected chi connectivity index (χ3v) is 5.09. The summed E-state index contributed by atoms with van der Waals surface area (Å²) < 4.78 is 1.20. The number of nitrogens with one attached hydrogen (secondary N) is 1. The van der Waals surface area contributed by atoms with E-state index in [2.05, 4.69) is 46.5 Å². The molecule has 1 N–H and O–H groups in total. The highest BCUT2D eigenvalue weighted by Gasteiger charge is 2.09. The summed E-state index contributed by atoms with van der Waals surface area (Å²) in [5.41, 5.74) is 0. The first kappa shape index (κ1) is 13.6. The van der Waals surface area contributed by atoms with E-state index in [4.69, 9.17) is 0 Å². The van der Waals surface area contributed by atoms with Gasteiger partial charge in [-0.3, -0.25) is 0 Å². The molecule has 0 aliphatic heterocycles. The molecule has 1 aromatic heterocycles. The van der Waals surface area contributed by atoms with Crippen LogP contribution in [-0.2, 0) is 6.42 Å². The van der Waals surface area contributed by atoms with Gasteiger partial charge < -0.3 is 5.32 Å². The molecule has 1 unspecified atom stereocenters. The van der Waals surface area contributed by atoms with E-state index in [1.165, 1.54) is 15.1 Å². The smallest absolute Gasteiger partial charge is 0.0285 e. The molecule has 0 spiro atoms. The zero-order valence-electron chi connectivity index (χ0n) is 9.42. The Balaban J connectivity index is 2.39. The lowest BCUT2D eigenvalue weighted by Gasteiger charge is -2.16. The summed E-state index contributed by atoms with van der Waals surface area (Å²) >= 11 is 7.34. The fraction of sp³-hybridized carbons (Fsp3) is 0.636. The van der Waals surface area contributed by atoms with E-state index in [9.17, 15) is 0 Å². The van der Waals surface area contributed by atoms with Crippen molar-refractivity contribution in [2.45, 2.75) is 31.6 Å². The predicted molar refractivity (Wildman–Crippen MR) is 76.2 cm³/mol. The van der Waals surface area contributed by atoms with Gasteiger partial charge in [-0.2, -0.15) is 11.8 Å². The van der Waals surface area contributed by atoms with E-state index in [-0.39, 0.29) is 0 Å². The van der Waals surface area contributed by atoms with Crippen molar-refractivity contribution in [3.63, 3.8) is 0 Å². The molecule has 0 aliphatic carbocycles. The zero-order chi connectivity index (χ0) is 11.3. The summed E-state index contributed by atoms with van der Waals surface area (Å²) in [6.07, 6.45) is 1.13. The van der Waals surface area contributed by atoms with E-state index in [1.54, 1.807) is 0 Å². The van der Waals surface area contributed by atoms with Crippen molar-refractivity contribution in [3.05, 3.63) is 20.8 Å². The van der Waals surface area contributed by atoms with Gasteiger partial charge in [-0.1, -0.05) is 13.8 Å². The second-order valence-electron chi connectivity index (χ2n) is 3.80. The summed E-state index contributed by atoms with van der Waals surface area (Å²) in [5, 5.41) is 6.25. The molecule has 0 aliphatic rings. The second-order valence-corrected chi connectivity index (χ2v) is 7.32. The molecule has 0 aromatic carbocycles. The average molecular weight is 308 g/mol. The molecule has 1 heterocycles. The van der Waals surface area contributed by atoms with Crippen LogP contribution >= 0.6 is 39.0 Å². The van der Waals surface area contributed by atoms with Gasteiger partial charge in [0, 0.05) is 26.5 Å². The average Bonchev–Trinajstić information content (AvgIpc) is 2.58. The van der Waals surface area contributed by atoms with Crippen LogP contribution in [0.25, 0.3) is 0 Å². The number of rotatable bonds is 6. The SMILES string of the molecule is CNC(CSC(C)C)Cc1cc(Br)cs1. The Labute approximate surface area is 109 Å². The van der Waals surface area contributed by atoms with Gasteiger partial charge >= 0.3 is 0 Å². The van der Waals surface area contributed by atoms with Crippen molar-refractivity contribution in [2.24, 2.45) is 0 Å². The van der Waals surface area contributed by atoms with E-state index in [0.717, 1.165) is 11.7 Å². The number of hydrogen-bond donors (Lipinski definition) is 1. The Morgan fingerprint density at radius 2 is 2.27 bits per heavy atom. The molecule has 0 fully saturated rings.